The van der Waals surface area contributed by atoms with Gasteiger partial charge in [-0.25, -0.2) is 4.98 Å². The summed E-state index contributed by atoms with van der Waals surface area (Å²) in [5.41, 5.74) is 7.10. The first-order valence-corrected chi connectivity index (χ1v) is 6.60. The van der Waals surface area contributed by atoms with Crippen LogP contribution in [0, 0.1) is 20.8 Å². The lowest BCUT2D eigenvalue weighted by molar-refractivity contribution is 0.954. The van der Waals surface area contributed by atoms with Crippen LogP contribution >= 0.6 is 0 Å². The van der Waals surface area contributed by atoms with E-state index in [4.69, 9.17) is 0 Å². The maximum absolute atomic E-state index is 12.0. The molecule has 0 unspecified atom stereocenters. The Morgan fingerprint density at radius 3 is 2.45 bits per heavy atom. The van der Waals surface area contributed by atoms with Crippen molar-refractivity contribution in [3.8, 4) is 11.1 Å². The number of aromatic amines is 1. The van der Waals surface area contributed by atoms with Gasteiger partial charge in [0.15, 0.2) is 0 Å². The average molecular weight is 267 g/mol. The number of rotatable bonds is 1. The van der Waals surface area contributed by atoms with Gasteiger partial charge in [0.2, 0.25) is 0 Å². The van der Waals surface area contributed by atoms with Crippen LogP contribution in [0.1, 0.15) is 16.7 Å². The molecule has 0 saturated carbocycles. The lowest BCUT2D eigenvalue weighted by atomic mass is 9.95. The van der Waals surface area contributed by atoms with Crippen molar-refractivity contribution in [2.75, 3.05) is 0 Å². The Labute approximate surface area is 117 Å². The molecule has 1 N–H and O–H groups in total. The third kappa shape index (κ3) is 1.76. The van der Waals surface area contributed by atoms with E-state index in [1.165, 1.54) is 28.6 Å². The Kier molecular flexibility index (Phi) is 2.74. The summed E-state index contributed by atoms with van der Waals surface area (Å²) in [6.07, 6.45) is 3.45. The van der Waals surface area contributed by atoms with Gasteiger partial charge in [0.1, 0.15) is 11.0 Å². The van der Waals surface area contributed by atoms with Crippen LogP contribution in [0.25, 0.3) is 22.2 Å². The number of fused-ring (bicyclic) bond motifs is 1. The van der Waals surface area contributed by atoms with Crippen LogP contribution in [0.15, 0.2) is 29.5 Å². The lowest BCUT2D eigenvalue weighted by Gasteiger charge is -2.10. The normalized spacial score (nSPS) is 11.2. The monoisotopic (exact) mass is 267 g/mol. The molecule has 0 spiro atoms. The summed E-state index contributed by atoms with van der Waals surface area (Å²) in [6, 6.07) is 4.32. The summed E-state index contributed by atoms with van der Waals surface area (Å²) in [5, 5.41) is 0. The molecule has 3 rings (SSSR count). The number of benzene rings is 1. The van der Waals surface area contributed by atoms with Crippen LogP contribution in [-0.2, 0) is 7.05 Å². The largest absolute Gasteiger partial charge is 0.344 e. The van der Waals surface area contributed by atoms with Gasteiger partial charge in [0, 0.05) is 18.8 Å². The van der Waals surface area contributed by atoms with Gasteiger partial charge < -0.3 is 9.55 Å². The molecule has 2 heterocycles. The Hall–Kier alpha value is -2.36. The van der Waals surface area contributed by atoms with Crippen molar-refractivity contribution in [3.63, 3.8) is 0 Å². The molecule has 0 fully saturated rings. The van der Waals surface area contributed by atoms with Crippen molar-refractivity contribution in [1.29, 1.82) is 0 Å². The van der Waals surface area contributed by atoms with E-state index in [2.05, 4.69) is 42.9 Å². The fraction of sp³-hybridized carbons (Fsp3) is 0.250. The van der Waals surface area contributed by atoms with Crippen molar-refractivity contribution in [2.45, 2.75) is 20.8 Å². The quantitative estimate of drug-likeness (QED) is 0.737. The summed E-state index contributed by atoms with van der Waals surface area (Å²) in [6.45, 7) is 6.29. The molecule has 0 saturated heterocycles. The van der Waals surface area contributed by atoms with Crippen molar-refractivity contribution in [1.82, 2.24) is 14.5 Å². The van der Waals surface area contributed by atoms with Gasteiger partial charge in [0.05, 0.1) is 6.33 Å². The van der Waals surface area contributed by atoms with Crippen molar-refractivity contribution < 1.29 is 0 Å². The molecule has 3 aromatic rings. The molecule has 0 amide bonds. The fourth-order valence-corrected chi connectivity index (χ4v) is 3.02. The number of H-pyrrole nitrogens is 1. The third-order valence-corrected chi connectivity index (χ3v) is 3.71. The van der Waals surface area contributed by atoms with Gasteiger partial charge >= 0.3 is 0 Å². The summed E-state index contributed by atoms with van der Waals surface area (Å²) < 4.78 is 1.84. The summed E-state index contributed by atoms with van der Waals surface area (Å²) in [5.74, 6) is 0. The van der Waals surface area contributed by atoms with E-state index >= 15 is 0 Å². The minimum Gasteiger partial charge on any atom is -0.344 e. The lowest BCUT2D eigenvalue weighted by Crippen LogP contribution is -2.08. The molecule has 2 aromatic heterocycles. The smallest absolute Gasteiger partial charge is 0.275 e. The first-order valence-electron chi connectivity index (χ1n) is 6.60. The second-order valence-electron chi connectivity index (χ2n) is 5.36. The van der Waals surface area contributed by atoms with Crippen LogP contribution < -0.4 is 5.56 Å². The summed E-state index contributed by atoms with van der Waals surface area (Å²) in [4.78, 5) is 18.9. The van der Waals surface area contributed by atoms with Crippen molar-refractivity contribution in [2.24, 2.45) is 7.05 Å². The Morgan fingerprint density at radius 2 is 1.80 bits per heavy atom. The molecule has 102 valence electrons. The molecule has 0 aliphatic carbocycles. The van der Waals surface area contributed by atoms with E-state index in [1.54, 1.807) is 0 Å². The Balaban J connectivity index is 2.43. The first kappa shape index (κ1) is 12.7. The number of nitrogens with one attached hydrogen (secondary N) is 1. The van der Waals surface area contributed by atoms with Crippen LogP contribution in [-0.4, -0.2) is 14.5 Å². The molecule has 4 heteroatoms. The fourth-order valence-electron chi connectivity index (χ4n) is 3.02. The standard InChI is InChI=1S/C16H17N3O/c1-9-5-10(2)13(11(3)6-9)12-7-19(4)15-14(12)17-8-18-16(15)20/h5-8H,1-4H3,(H,17,18,20). The molecule has 4 nitrogen and oxygen atoms in total. The highest BCUT2D eigenvalue weighted by atomic mass is 16.1. The zero-order valence-corrected chi connectivity index (χ0v) is 12.1. The van der Waals surface area contributed by atoms with Gasteiger partial charge in [-0.1, -0.05) is 17.7 Å². The van der Waals surface area contributed by atoms with Gasteiger partial charge in [-0.2, -0.15) is 0 Å². The van der Waals surface area contributed by atoms with Crippen LogP contribution in [0.4, 0.5) is 0 Å². The van der Waals surface area contributed by atoms with E-state index < -0.39 is 0 Å². The molecule has 0 bridgehead atoms. The summed E-state index contributed by atoms with van der Waals surface area (Å²) in [7, 11) is 1.88. The second kappa shape index (κ2) is 4.34. The van der Waals surface area contributed by atoms with Gasteiger partial charge in [-0.15, -0.1) is 0 Å². The van der Waals surface area contributed by atoms with E-state index in [1.807, 2.05) is 17.8 Å². The maximum atomic E-state index is 12.0. The zero-order valence-electron chi connectivity index (χ0n) is 12.1. The zero-order chi connectivity index (χ0) is 14.4. The van der Waals surface area contributed by atoms with Crippen molar-refractivity contribution >= 4 is 11.0 Å². The van der Waals surface area contributed by atoms with Crippen molar-refractivity contribution in [3.05, 3.63) is 51.7 Å². The molecular weight excluding hydrogens is 250 g/mol. The number of hydrogen-bond acceptors (Lipinski definition) is 2. The topological polar surface area (TPSA) is 50.7 Å². The van der Waals surface area contributed by atoms with E-state index in [-0.39, 0.29) is 5.56 Å². The van der Waals surface area contributed by atoms with E-state index in [0.717, 1.165) is 11.1 Å². The average Bonchev–Trinajstić information content (AvgIpc) is 2.67. The highest BCUT2D eigenvalue weighted by molar-refractivity contribution is 5.94. The Bertz CT molecular complexity index is 848. The van der Waals surface area contributed by atoms with Crippen LogP contribution in [0.3, 0.4) is 0 Å². The van der Waals surface area contributed by atoms with Crippen LogP contribution in [0.5, 0.6) is 0 Å². The Morgan fingerprint density at radius 1 is 1.15 bits per heavy atom. The molecule has 20 heavy (non-hydrogen) atoms. The molecule has 0 radical (unpaired) electrons. The second-order valence-corrected chi connectivity index (χ2v) is 5.36. The molecule has 0 aliphatic heterocycles. The maximum Gasteiger partial charge on any atom is 0.275 e. The minimum atomic E-state index is -0.105. The number of hydrogen-bond donors (Lipinski definition) is 1. The molecule has 0 atom stereocenters. The first-order chi connectivity index (χ1) is 9.49. The summed E-state index contributed by atoms with van der Waals surface area (Å²) >= 11 is 0. The van der Waals surface area contributed by atoms with E-state index in [0.29, 0.717) is 5.52 Å². The molecular formula is C16H17N3O. The molecule has 0 aliphatic rings. The third-order valence-electron chi connectivity index (χ3n) is 3.71. The highest BCUT2D eigenvalue weighted by Gasteiger charge is 2.16. The SMILES string of the molecule is Cc1cc(C)c(-c2cn(C)c3c(=O)[nH]cnc23)c(C)c1. The minimum absolute atomic E-state index is 0.105. The van der Waals surface area contributed by atoms with E-state index in [9.17, 15) is 4.79 Å². The molecule has 1 aromatic carbocycles. The number of nitrogens with zero attached hydrogens (tertiary/aromatic N) is 2. The van der Waals surface area contributed by atoms with Gasteiger partial charge in [0.25, 0.3) is 5.56 Å². The van der Waals surface area contributed by atoms with Crippen LogP contribution in [0.2, 0.25) is 0 Å². The van der Waals surface area contributed by atoms with Gasteiger partial charge in [-0.05, 0) is 37.5 Å². The predicted molar refractivity (Wildman–Crippen MR) is 81.0 cm³/mol. The highest BCUT2D eigenvalue weighted by Crippen LogP contribution is 2.32. The number of aryl methyl sites for hydroxylation is 4. The van der Waals surface area contributed by atoms with Gasteiger partial charge in [-0.3, -0.25) is 4.79 Å². The predicted octanol–water partition coefficient (Wildman–Crippen LogP) is 2.85. The number of aromatic nitrogens is 3.